The van der Waals surface area contributed by atoms with Crippen molar-refractivity contribution in [1.29, 1.82) is 0 Å². The van der Waals surface area contributed by atoms with Crippen molar-refractivity contribution < 1.29 is 18.2 Å². The van der Waals surface area contributed by atoms with Gasteiger partial charge in [0.1, 0.15) is 5.60 Å². The van der Waals surface area contributed by atoms with Gasteiger partial charge in [0.05, 0.1) is 34.1 Å². The third-order valence-corrected chi connectivity index (χ3v) is 23.1. The number of rotatable bonds is 14. The molecule has 280 valence electrons. The molecule has 5 aromatic carbocycles. The fraction of sp³-hybridized carbons (Fsp3) is 0.333. The third kappa shape index (κ3) is 8.65. The Morgan fingerprint density at radius 1 is 0.604 bits per heavy atom. The summed E-state index contributed by atoms with van der Waals surface area (Å²) in [5, 5.41) is 16.9. The lowest BCUT2D eigenvalue weighted by Crippen LogP contribution is -2.71. The van der Waals surface area contributed by atoms with E-state index in [1.165, 1.54) is 10.4 Å². The zero-order valence-corrected chi connectivity index (χ0v) is 36.8. The van der Waals surface area contributed by atoms with Crippen molar-refractivity contribution in [2.24, 2.45) is 0 Å². The van der Waals surface area contributed by atoms with E-state index in [0.29, 0.717) is 4.90 Å². The molecule has 0 aromatic heterocycles. The van der Waals surface area contributed by atoms with Crippen molar-refractivity contribution in [3.05, 3.63) is 151 Å². The normalized spacial score (nSPS) is 15.7. The van der Waals surface area contributed by atoms with Gasteiger partial charge in [0, 0.05) is 4.90 Å². The molecule has 0 saturated carbocycles. The van der Waals surface area contributed by atoms with Crippen molar-refractivity contribution in [2.45, 2.75) is 86.9 Å². The minimum atomic E-state index is -3.19. The Balaban J connectivity index is 1.63. The summed E-state index contributed by atoms with van der Waals surface area (Å²) in [7, 11) is -7.59. The molecule has 4 atom stereocenters. The van der Waals surface area contributed by atoms with E-state index in [9.17, 15) is 9.32 Å². The Hall–Kier alpha value is -2.96. The lowest BCUT2D eigenvalue weighted by molar-refractivity contribution is -0.0478. The lowest BCUT2D eigenvalue weighted by atomic mass is 9.97. The molecule has 0 radical (unpaired) electrons. The Morgan fingerprint density at radius 3 is 1.32 bits per heavy atom. The van der Waals surface area contributed by atoms with Gasteiger partial charge in [0.15, 0.2) is 0 Å². The number of hydrogen-bond acceptors (Lipinski definition) is 4. The van der Waals surface area contributed by atoms with E-state index >= 15 is 0 Å². The topological polar surface area (TPSA) is 55.8 Å². The van der Waals surface area contributed by atoms with Gasteiger partial charge in [0.2, 0.25) is 0 Å². The molecule has 5 aromatic rings. The van der Waals surface area contributed by atoms with E-state index < -0.39 is 44.0 Å². The highest BCUT2D eigenvalue weighted by atomic mass is 79.9. The second kappa shape index (κ2) is 16.8. The monoisotopic (exact) mass is 826 g/mol. The third-order valence-electron chi connectivity index (χ3n) is 10.5. The Morgan fingerprint density at radius 2 is 0.962 bits per heavy atom. The molecule has 0 spiro atoms. The number of halogens is 1. The number of alkyl halides is 1. The van der Waals surface area contributed by atoms with E-state index in [1.54, 1.807) is 0 Å². The molecule has 0 aliphatic heterocycles. The molecule has 1 N–H and O–H groups in total. The van der Waals surface area contributed by atoms with Crippen molar-refractivity contribution in [2.75, 3.05) is 12.4 Å². The summed E-state index contributed by atoms with van der Waals surface area (Å²) in [5.41, 5.74) is -0.419. The van der Waals surface area contributed by atoms with Crippen LogP contribution in [0.1, 0.15) is 54.0 Å². The second-order valence-corrected chi connectivity index (χ2v) is 27.4. The minimum Gasteiger partial charge on any atom is -0.406 e. The zero-order valence-electron chi connectivity index (χ0n) is 32.4. The van der Waals surface area contributed by atoms with Gasteiger partial charge < -0.3 is 14.0 Å². The van der Waals surface area contributed by atoms with Crippen LogP contribution in [0.15, 0.2) is 150 Å². The maximum absolute atomic E-state index is 14.4. The molecular weight excluding hydrogens is 773 g/mol. The fourth-order valence-corrected chi connectivity index (χ4v) is 18.9. The summed E-state index contributed by atoms with van der Waals surface area (Å²) in [6.07, 6.45) is -0.844. The van der Waals surface area contributed by atoms with Crippen LogP contribution in [0.25, 0.3) is 0 Å². The maximum atomic E-state index is 14.4. The van der Waals surface area contributed by atoms with Crippen LogP contribution in [0.3, 0.4) is 0 Å². The van der Waals surface area contributed by atoms with Crippen molar-refractivity contribution in [3.63, 3.8) is 0 Å². The van der Waals surface area contributed by atoms with Gasteiger partial charge in [-0.2, -0.15) is 0 Å². The maximum Gasteiger partial charge on any atom is 0.261 e. The van der Waals surface area contributed by atoms with Gasteiger partial charge in [-0.15, -0.1) is 0 Å². The van der Waals surface area contributed by atoms with Crippen LogP contribution in [0.4, 0.5) is 0 Å². The first-order valence-corrected chi connectivity index (χ1v) is 24.4. The van der Waals surface area contributed by atoms with E-state index in [1.807, 2.05) is 62.4 Å². The van der Waals surface area contributed by atoms with Crippen molar-refractivity contribution >= 4 is 64.1 Å². The zero-order chi connectivity index (χ0) is 38.5. The number of aliphatic hydroxyl groups is 1. The van der Waals surface area contributed by atoms with Crippen LogP contribution in [0.5, 0.6) is 0 Å². The Labute approximate surface area is 330 Å². The SMILES string of the molecule is Cc1ccc(S(=O)C[C@@H](O[Si](c2ccccc2)(c2ccccc2)C(C)(C)C)[C@](C)(O)[C@@H](Br)CO[Si](c2ccccc2)(c2ccccc2)C(C)(C)C)cc1. The van der Waals surface area contributed by atoms with Gasteiger partial charge in [-0.05, 0) is 56.8 Å². The van der Waals surface area contributed by atoms with Gasteiger partial charge in [-0.1, -0.05) is 196 Å². The van der Waals surface area contributed by atoms with Crippen LogP contribution in [-0.2, 0) is 19.7 Å². The van der Waals surface area contributed by atoms with Crippen molar-refractivity contribution in [3.8, 4) is 0 Å². The molecule has 0 fully saturated rings. The van der Waals surface area contributed by atoms with Crippen LogP contribution in [0.2, 0.25) is 10.1 Å². The van der Waals surface area contributed by atoms with E-state index in [2.05, 4.69) is 155 Å². The van der Waals surface area contributed by atoms with Crippen LogP contribution in [0, 0.1) is 6.92 Å². The summed E-state index contributed by atoms with van der Waals surface area (Å²) in [6.45, 7) is 17.5. The molecular formula is C45H55BrO4SSi2. The van der Waals surface area contributed by atoms with Crippen molar-refractivity contribution in [1.82, 2.24) is 0 Å². The number of aryl methyl sites for hydroxylation is 1. The molecule has 53 heavy (non-hydrogen) atoms. The number of hydrogen-bond donors (Lipinski definition) is 1. The molecule has 0 aliphatic rings. The van der Waals surface area contributed by atoms with Gasteiger partial charge >= 0.3 is 0 Å². The Kier molecular flexibility index (Phi) is 13.1. The number of benzene rings is 5. The first-order valence-electron chi connectivity index (χ1n) is 18.4. The summed E-state index contributed by atoms with van der Waals surface area (Å²) < 4.78 is 29.4. The standard InChI is InChI=1S/C45H55BrO4SSi2/c1-35-29-31-36(32-30-35)51(48)34-42(50-53(44(5,6)7,39-25-17-11-18-26-39)40-27-19-12-20-28-40)45(8,47)41(46)33-49-52(43(2,3)4,37-21-13-9-14-22-37)38-23-15-10-16-24-38/h9-32,41-42,47H,33-34H2,1-8H3/t41-,42+,45+,51?/m0/s1. The lowest BCUT2D eigenvalue weighted by Gasteiger charge is -2.49. The first-order chi connectivity index (χ1) is 25.0. The average Bonchev–Trinajstić information content (AvgIpc) is 3.14. The van der Waals surface area contributed by atoms with Gasteiger partial charge in [0.25, 0.3) is 16.6 Å². The second-order valence-electron chi connectivity index (χ2n) is 16.3. The summed E-state index contributed by atoms with van der Waals surface area (Å²) in [4.78, 5) is 0.131. The molecule has 0 saturated heterocycles. The van der Waals surface area contributed by atoms with Gasteiger partial charge in [-0.25, -0.2) is 0 Å². The molecule has 0 aliphatic carbocycles. The molecule has 4 nitrogen and oxygen atoms in total. The predicted molar refractivity (Wildman–Crippen MR) is 232 cm³/mol. The summed E-state index contributed by atoms with van der Waals surface area (Å²) in [5.74, 6) is 0.0991. The van der Waals surface area contributed by atoms with Gasteiger partial charge in [-0.3, -0.25) is 4.21 Å². The van der Waals surface area contributed by atoms with Crippen LogP contribution in [-0.4, -0.2) is 54.8 Å². The first kappa shape index (κ1) is 41.2. The molecule has 8 heteroatoms. The molecule has 0 heterocycles. The van der Waals surface area contributed by atoms with Crippen LogP contribution >= 0.6 is 15.9 Å². The predicted octanol–water partition coefficient (Wildman–Crippen LogP) is 8.14. The highest BCUT2D eigenvalue weighted by Gasteiger charge is 2.56. The molecule has 5 rings (SSSR count). The summed E-state index contributed by atoms with van der Waals surface area (Å²) in [6, 6.07) is 49.7. The Bertz CT molecular complexity index is 1830. The fourth-order valence-electron chi connectivity index (χ4n) is 7.48. The van der Waals surface area contributed by atoms with E-state index in [0.717, 1.165) is 15.9 Å². The quantitative estimate of drug-likeness (QED) is 0.0909. The molecule has 0 bridgehead atoms. The average molecular weight is 828 g/mol. The minimum absolute atomic E-state index is 0.0991. The van der Waals surface area contributed by atoms with Crippen LogP contribution < -0.4 is 20.7 Å². The largest absolute Gasteiger partial charge is 0.406 e. The smallest absolute Gasteiger partial charge is 0.261 e. The highest BCUT2D eigenvalue weighted by Crippen LogP contribution is 2.41. The molecule has 0 amide bonds. The summed E-state index contributed by atoms with van der Waals surface area (Å²) >= 11 is 3.97. The highest BCUT2D eigenvalue weighted by molar-refractivity contribution is 9.09. The van der Waals surface area contributed by atoms with E-state index in [-0.39, 0.29) is 22.4 Å². The van der Waals surface area contributed by atoms with E-state index in [4.69, 9.17) is 8.85 Å². The molecule has 1 unspecified atom stereocenters.